The lowest BCUT2D eigenvalue weighted by Gasteiger charge is -2.36. The Hall–Kier alpha value is -6.06. The van der Waals surface area contributed by atoms with Crippen molar-refractivity contribution in [2.45, 2.75) is 131 Å². The molecular weight excluding hydrogens is 953 g/mol. The summed E-state index contributed by atoms with van der Waals surface area (Å²) >= 11 is 0. The van der Waals surface area contributed by atoms with Crippen molar-refractivity contribution >= 4 is 37.4 Å². The predicted molar refractivity (Wildman–Crippen MR) is 309 cm³/mol. The topological polar surface area (TPSA) is 177 Å². The lowest BCUT2D eigenvalue weighted by atomic mass is 9.80. The van der Waals surface area contributed by atoms with Gasteiger partial charge in [0.1, 0.15) is 23.0 Å². The average molecular weight is 1040 g/mol. The van der Waals surface area contributed by atoms with E-state index in [4.69, 9.17) is 20.0 Å². The summed E-state index contributed by atoms with van der Waals surface area (Å²) in [6.45, 7) is 34.8. The number of nitrogens with zero attached hydrogens (tertiary/aromatic N) is 8. The van der Waals surface area contributed by atoms with E-state index in [2.05, 4.69) is 115 Å². The van der Waals surface area contributed by atoms with Gasteiger partial charge in [0.25, 0.3) is 0 Å². The zero-order chi connectivity index (χ0) is 55.3. The van der Waals surface area contributed by atoms with E-state index >= 15 is 0 Å². The molecule has 4 aromatic rings. The summed E-state index contributed by atoms with van der Waals surface area (Å²) in [5.74, 6) is 0.332. The summed E-state index contributed by atoms with van der Waals surface area (Å²) in [5, 5.41) is 46.8. The molecular formula is C62H84N8O6. The lowest BCUT2D eigenvalue weighted by Crippen LogP contribution is -2.45. The zero-order valence-corrected chi connectivity index (χ0v) is 47.4. The van der Waals surface area contributed by atoms with E-state index in [0.29, 0.717) is 112 Å². The standard InChI is InChI=1S/C62H84N8O6/c1-59(2,3)47-25-41-31-63-13-15-65-33-49-51(39-71)57(75)45(29-53(49)61(7,8)9)37-69-21-23-70(24-22-69)38-46-30-54(62(10,11)12)50(52(40-72)58(46)76)34-66-16-14-64-32-42-26-48(60(4,5)6)28-44(56(42)74)36-68-19-17-67(18-20-68)35-43(27-47)55(41)73/h25-34,39-40,73-76H,13-24,35-38H2,1-12H3. The summed E-state index contributed by atoms with van der Waals surface area (Å²) in [7, 11) is 0. The third-order valence-corrected chi connectivity index (χ3v) is 15.1. The molecule has 76 heavy (non-hydrogen) atoms. The third-order valence-electron chi connectivity index (χ3n) is 15.1. The molecule has 0 atom stereocenters. The molecule has 0 spiro atoms. The van der Waals surface area contributed by atoms with Gasteiger partial charge in [-0.05, 0) is 68.2 Å². The van der Waals surface area contributed by atoms with E-state index in [9.17, 15) is 30.0 Å². The van der Waals surface area contributed by atoms with Gasteiger partial charge in [-0.25, -0.2) is 0 Å². The largest absolute Gasteiger partial charge is 0.507 e. The van der Waals surface area contributed by atoms with Gasteiger partial charge in [0.2, 0.25) is 0 Å². The van der Waals surface area contributed by atoms with E-state index in [1.807, 2.05) is 24.3 Å². The predicted octanol–water partition coefficient (Wildman–Crippen LogP) is 9.35. The minimum atomic E-state index is -0.371. The van der Waals surface area contributed by atoms with Gasteiger partial charge in [0.05, 0.1) is 37.3 Å². The maximum atomic E-state index is 12.8. The number of carbonyl (C=O) groups excluding carboxylic acids is 2. The van der Waals surface area contributed by atoms with Gasteiger partial charge < -0.3 is 20.4 Å². The van der Waals surface area contributed by atoms with Crippen LogP contribution in [0.3, 0.4) is 0 Å². The van der Waals surface area contributed by atoms with E-state index < -0.39 is 0 Å². The first-order chi connectivity index (χ1) is 35.8. The second kappa shape index (κ2) is 23.7. The van der Waals surface area contributed by atoms with Crippen LogP contribution in [0.1, 0.15) is 171 Å². The number of hydrogen-bond donors (Lipinski definition) is 4. The number of aliphatic imine (C=N–C) groups is 4. The van der Waals surface area contributed by atoms with Crippen molar-refractivity contribution in [3.05, 3.63) is 114 Å². The second-order valence-electron chi connectivity index (χ2n) is 25.1. The number of rotatable bonds is 2. The Labute approximate surface area is 452 Å². The average Bonchev–Trinajstić information content (AvgIpc) is 3.37. The number of aromatic hydroxyl groups is 4. The summed E-state index contributed by atoms with van der Waals surface area (Å²) in [5.41, 5.74) is 8.88. The first kappa shape index (κ1) is 57.6. The molecule has 0 unspecified atom stereocenters. The van der Waals surface area contributed by atoms with E-state index in [0.717, 1.165) is 72.1 Å². The Bertz CT molecular complexity index is 2680. The van der Waals surface area contributed by atoms with Crippen molar-refractivity contribution in [2.24, 2.45) is 20.0 Å². The number of fused-ring (bicyclic) bond motifs is 2. The van der Waals surface area contributed by atoms with Gasteiger partial charge >= 0.3 is 0 Å². The van der Waals surface area contributed by atoms with Crippen LogP contribution in [0.5, 0.6) is 23.0 Å². The van der Waals surface area contributed by atoms with Gasteiger partial charge in [0, 0.05) is 148 Å². The zero-order valence-electron chi connectivity index (χ0n) is 47.4. The molecule has 8 aliphatic rings. The molecule has 0 amide bonds. The molecule has 2 fully saturated rings. The van der Waals surface area contributed by atoms with Gasteiger partial charge in [-0.1, -0.05) is 95.2 Å². The number of aldehydes is 2. The summed E-state index contributed by atoms with van der Waals surface area (Å²) in [6.07, 6.45) is 8.27. The monoisotopic (exact) mass is 1040 g/mol. The van der Waals surface area contributed by atoms with Crippen LogP contribution in [-0.2, 0) is 47.8 Å². The molecule has 4 N–H and O–H groups in total. The van der Waals surface area contributed by atoms with E-state index in [1.54, 1.807) is 24.9 Å². The first-order valence-corrected chi connectivity index (χ1v) is 27.1. The van der Waals surface area contributed by atoms with Crippen molar-refractivity contribution in [1.82, 2.24) is 19.6 Å². The van der Waals surface area contributed by atoms with Crippen LogP contribution in [0.25, 0.3) is 0 Å². The highest BCUT2D eigenvalue weighted by Crippen LogP contribution is 2.38. The van der Waals surface area contributed by atoms with Crippen molar-refractivity contribution in [2.75, 3.05) is 78.5 Å². The Morgan fingerprint density at radius 3 is 0.921 bits per heavy atom. The number of hydrogen-bond acceptors (Lipinski definition) is 14. The molecule has 408 valence electrons. The molecule has 14 nitrogen and oxygen atoms in total. The summed E-state index contributed by atoms with van der Waals surface area (Å²) in [6, 6.07) is 12.3. The summed E-state index contributed by atoms with van der Waals surface area (Å²) in [4.78, 5) is 53.7. The van der Waals surface area contributed by atoms with Crippen LogP contribution in [0, 0.1) is 0 Å². The maximum absolute atomic E-state index is 12.8. The Kier molecular flexibility index (Phi) is 18.0. The highest BCUT2D eigenvalue weighted by molar-refractivity contribution is 5.98. The normalized spacial score (nSPS) is 20.7. The molecule has 12 bridgehead atoms. The van der Waals surface area contributed by atoms with Gasteiger partial charge in [-0.3, -0.25) is 49.2 Å². The van der Waals surface area contributed by atoms with Gasteiger partial charge in [-0.15, -0.1) is 0 Å². The molecule has 8 aliphatic heterocycles. The van der Waals surface area contributed by atoms with E-state index in [-0.39, 0.29) is 55.8 Å². The van der Waals surface area contributed by atoms with Crippen LogP contribution in [0.4, 0.5) is 0 Å². The molecule has 14 heteroatoms. The Balaban J connectivity index is 1.21. The third kappa shape index (κ3) is 13.9. The van der Waals surface area contributed by atoms with Crippen LogP contribution in [0.2, 0.25) is 0 Å². The molecule has 2 saturated heterocycles. The van der Waals surface area contributed by atoms with Gasteiger partial charge in [0.15, 0.2) is 12.6 Å². The molecule has 0 saturated carbocycles. The first-order valence-electron chi connectivity index (χ1n) is 27.1. The lowest BCUT2D eigenvalue weighted by molar-refractivity contribution is 0.110. The molecule has 0 aliphatic carbocycles. The SMILES string of the molecule is CC(C)(C)c1cc2c(O)c(c1)CN1CCN(CC1)Cc1cc(C(C)(C)C)cc(c1O)C=NCCN=Cc1c(C(C)(C)C)cc(c(O)c1C=O)CN1CCN(CC1)Cc1cc(C(C)(C)C)c(c(C=O)c1O)C=NCCN=C2. The fraction of sp³-hybridized carbons (Fsp3) is 0.516. The quantitative estimate of drug-likeness (QED) is 0.142. The van der Waals surface area contributed by atoms with Crippen LogP contribution < -0.4 is 0 Å². The van der Waals surface area contributed by atoms with Crippen molar-refractivity contribution in [3.8, 4) is 23.0 Å². The molecule has 8 heterocycles. The number of piperazine rings is 2. The number of phenols is 4. The molecule has 4 aromatic carbocycles. The van der Waals surface area contributed by atoms with Crippen molar-refractivity contribution < 1.29 is 30.0 Å². The van der Waals surface area contributed by atoms with Crippen molar-refractivity contribution in [3.63, 3.8) is 0 Å². The second-order valence-corrected chi connectivity index (χ2v) is 25.1. The van der Waals surface area contributed by atoms with Gasteiger partial charge in [-0.2, -0.15) is 0 Å². The number of phenolic OH excluding ortho intramolecular Hbond substituents is 4. The van der Waals surface area contributed by atoms with Crippen LogP contribution in [-0.4, -0.2) is 156 Å². The number of carbonyl (C=O) groups is 2. The molecule has 0 aromatic heterocycles. The smallest absolute Gasteiger partial charge is 0.154 e. The highest BCUT2D eigenvalue weighted by atomic mass is 16.3. The minimum absolute atomic E-state index is 0.0478. The molecule has 12 rings (SSSR count). The maximum Gasteiger partial charge on any atom is 0.154 e. The Morgan fingerprint density at radius 1 is 0.382 bits per heavy atom. The number of benzene rings is 4. The Morgan fingerprint density at radius 2 is 0.658 bits per heavy atom. The fourth-order valence-corrected chi connectivity index (χ4v) is 10.3. The van der Waals surface area contributed by atoms with E-state index in [1.165, 1.54) is 0 Å². The summed E-state index contributed by atoms with van der Waals surface area (Å²) < 4.78 is 0. The fourth-order valence-electron chi connectivity index (χ4n) is 10.3. The van der Waals surface area contributed by atoms with Crippen LogP contribution in [0.15, 0.2) is 56.4 Å². The minimum Gasteiger partial charge on any atom is -0.507 e. The van der Waals surface area contributed by atoms with Crippen molar-refractivity contribution in [1.29, 1.82) is 0 Å². The molecule has 0 radical (unpaired) electrons. The van der Waals surface area contributed by atoms with Crippen LogP contribution >= 0.6 is 0 Å². The highest BCUT2D eigenvalue weighted by Gasteiger charge is 2.30.